The summed E-state index contributed by atoms with van der Waals surface area (Å²) in [5.41, 5.74) is 2.31. The molecule has 4 rings (SSSR count). The van der Waals surface area contributed by atoms with Gasteiger partial charge in [0.15, 0.2) is 0 Å². The van der Waals surface area contributed by atoms with Crippen LogP contribution < -0.4 is 4.90 Å². The molecule has 2 aromatic rings. The lowest BCUT2D eigenvalue weighted by atomic mass is 9.97. The number of anilines is 2. The van der Waals surface area contributed by atoms with Crippen LogP contribution in [0.15, 0.2) is 58.3 Å². The average Bonchev–Trinajstić information content (AvgIpc) is 2.76. The first-order valence-corrected chi connectivity index (χ1v) is 11.1. The van der Waals surface area contributed by atoms with Crippen molar-refractivity contribution in [2.45, 2.75) is 36.0 Å². The second kappa shape index (κ2) is 8.91. The number of amides is 1. The molecule has 152 valence electrons. The summed E-state index contributed by atoms with van der Waals surface area (Å²) in [7, 11) is 0. The van der Waals surface area contributed by atoms with Gasteiger partial charge in [0.2, 0.25) is 5.91 Å². The number of carbonyl (C=O) groups is 2. The topological polar surface area (TPSA) is 49.9 Å². The van der Waals surface area contributed by atoms with E-state index >= 15 is 0 Å². The number of fused-ring (bicyclic) bond motifs is 2. The standard InChI is InChI=1S/C23H26N2O3S/c1-2-28-23(27)17-11-14-24(15-12-17)22(26)13-16-25-18-7-3-5-9-20(18)29-21-10-6-4-8-19(21)25/h3-10,17H,2,11-16H2,1H3. The zero-order valence-corrected chi connectivity index (χ0v) is 17.5. The van der Waals surface area contributed by atoms with Crippen LogP contribution in [-0.4, -0.2) is 43.0 Å². The fourth-order valence-electron chi connectivity index (χ4n) is 4.01. The Morgan fingerprint density at radius 2 is 1.59 bits per heavy atom. The highest BCUT2D eigenvalue weighted by Gasteiger charge is 2.29. The molecule has 1 saturated heterocycles. The van der Waals surface area contributed by atoms with E-state index in [2.05, 4.69) is 41.3 Å². The van der Waals surface area contributed by atoms with Crippen LogP contribution in [0.5, 0.6) is 0 Å². The largest absolute Gasteiger partial charge is 0.466 e. The molecule has 0 aliphatic carbocycles. The summed E-state index contributed by atoms with van der Waals surface area (Å²) < 4.78 is 5.12. The van der Waals surface area contributed by atoms with Gasteiger partial charge in [0.1, 0.15) is 0 Å². The number of benzene rings is 2. The van der Waals surface area contributed by atoms with Gasteiger partial charge in [-0.05, 0) is 44.0 Å². The quantitative estimate of drug-likeness (QED) is 0.680. The Morgan fingerprint density at radius 1 is 1.00 bits per heavy atom. The van der Waals surface area contributed by atoms with Gasteiger partial charge in [-0.2, -0.15) is 0 Å². The summed E-state index contributed by atoms with van der Waals surface area (Å²) >= 11 is 1.77. The summed E-state index contributed by atoms with van der Waals surface area (Å²) in [5, 5.41) is 0. The molecule has 0 unspecified atom stereocenters. The molecule has 0 saturated carbocycles. The number of ether oxygens (including phenoxy) is 1. The van der Waals surface area contributed by atoms with Gasteiger partial charge in [0.25, 0.3) is 0 Å². The van der Waals surface area contributed by atoms with E-state index < -0.39 is 0 Å². The molecule has 29 heavy (non-hydrogen) atoms. The first kappa shape index (κ1) is 19.8. The maximum atomic E-state index is 12.8. The van der Waals surface area contributed by atoms with Crippen molar-refractivity contribution in [2.75, 3.05) is 31.1 Å². The SMILES string of the molecule is CCOC(=O)C1CCN(C(=O)CCN2c3ccccc3Sc3ccccc32)CC1. The van der Waals surface area contributed by atoms with Crippen LogP contribution in [0.3, 0.4) is 0 Å². The number of rotatable bonds is 5. The molecule has 2 aromatic carbocycles. The number of para-hydroxylation sites is 2. The van der Waals surface area contributed by atoms with Crippen LogP contribution in [-0.2, 0) is 14.3 Å². The lowest BCUT2D eigenvalue weighted by Crippen LogP contribution is -2.41. The fraction of sp³-hybridized carbons (Fsp3) is 0.391. The molecule has 2 aliphatic heterocycles. The molecule has 1 fully saturated rings. The predicted octanol–water partition coefficient (Wildman–Crippen LogP) is 4.48. The van der Waals surface area contributed by atoms with E-state index in [0.717, 1.165) is 11.4 Å². The third-order valence-corrected chi connectivity index (χ3v) is 6.68. The molecule has 0 radical (unpaired) electrons. The van der Waals surface area contributed by atoms with Crippen molar-refractivity contribution in [3.63, 3.8) is 0 Å². The van der Waals surface area contributed by atoms with E-state index in [1.807, 2.05) is 24.0 Å². The Balaban J connectivity index is 1.40. The van der Waals surface area contributed by atoms with Crippen LogP contribution in [0.1, 0.15) is 26.2 Å². The van der Waals surface area contributed by atoms with Crippen molar-refractivity contribution >= 4 is 35.0 Å². The van der Waals surface area contributed by atoms with Gasteiger partial charge < -0.3 is 14.5 Å². The van der Waals surface area contributed by atoms with Crippen LogP contribution >= 0.6 is 11.8 Å². The van der Waals surface area contributed by atoms with Crippen LogP contribution in [0.4, 0.5) is 11.4 Å². The lowest BCUT2D eigenvalue weighted by molar-refractivity contribution is -0.151. The van der Waals surface area contributed by atoms with Crippen LogP contribution in [0.2, 0.25) is 0 Å². The van der Waals surface area contributed by atoms with Gasteiger partial charge in [-0.1, -0.05) is 36.0 Å². The smallest absolute Gasteiger partial charge is 0.309 e. The van der Waals surface area contributed by atoms with E-state index in [9.17, 15) is 9.59 Å². The van der Waals surface area contributed by atoms with Crippen molar-refractivity contribution < 1.29 is 14.3 Å². The second-order valence-corrected chi connectivity index (χ2v) is 8.43. The number of piperidine rings is 1. The zero-order chi connectivity index (χ0) is 20.2. The monoisotopic (exact) mass is 410 g/mol. The summed E-state index contributed by atoms with van der Waals surface area (Å²) in [6.45, 7) is 4.14. The molecule has 1 amide bonds. The van der Waals surface area contributed by atoms with Crippen LogP contribution in [0.25, 0.3) is 0 Å². The number of hydrogen-bond acceptors (Lipinski definition) is 5. The molecule has 0 atom stereocenters. The molecule has 2 aliphatic rings. The maximum Gasteiger partial charge on any atom is 0.309 e. The van der Waals surface area contributed by atoms with E-state index in [4.69, 9.17) is 4.74 Å². The van der Waals surface area contributed by atoms with Gasteiger partial charge in [0.05, 0.1) is 23.9 Å². The summed E-state index contributed by atoms with van der Waals surface area (Å²) in [6.07, 6.45) is 1.84. The molecule has 0 bridgehead atoms. The molecule has 0 aromatic heterocycles. The Kier molecular flexibility index (Phi) is 6.09. The molecule has 0 spiro atoms. The highest BCUT2D eigenvalue weighted by atomic mass is 32.2. The molecule has 6 heteroatoms. The number of hydrogen-bond donors (Lipinski definition) is 0. The minimum Gasteiger partial charge on any atom is -0.466 e. The number of likely N-dealkylation sites (tertiary alicyclic amines) is 1. The number of esters is 1. The Hall–Kier alpha value is -2.47. The molecular formula is C23H26N2O3S. The van der Waals surface area contributed by atoms with E-state index in [1.165, 1.54) is 9.79 Å². The highest BCUT2D eigenvalue weighted by Crippen LogP contribution is 2.47. The Bertz CT molecular complexity index is 848. The summed E-state index contributed by atoms with van der Waals surface area (Å²) in [5.74, 6) is -0.0454. The van der Waals surface area contributed by atoms with Crippen molar-refractivity contribution in [1.29, 1.82) is 0 Å². The molecule has 0 N–H and O–H groups in total. The van der Waals surface area contributed by atoms with E-state index in [1.54, 1.807) is 11.8 Å². The fourth-order valence-corrected chi connectivity index (χ4v) is 5.11. The summed E-state index contributed by atoms with van der Waals surface area (Å²) in [6, 6.07) is 16.7. The van der Waals surface area contributed by atoms with E-state index in [-0.39, 0.29) is 17.8 Å². The molecular weight excluding hydrogens is 384 g/mol. The van der Waals surface area contributed by atoms with E-state index in [0.29, 0.717) is 45.5 Å². The van der Waals surface area contributed by atoms with Gasteiger partial charge in [0, 0.05) is 35.8 Å². The van der Waals surface area contributed by atoms with Crippen molar-refractivity contribution in [2.24, 2.45) is 5.92 Å². The first-order chi connectivity index (χ1) is 14.2. The van der Waals surface area contributed by atoms with Crippen molar-refractivity contribution in [3.8, 4) is 0 Å². The first-order valence-electron chi connectivity index (χ1n) is 10.2. The molecule has 5 nitrogen and oxygen atoms in total. The van der Waals surface area contributed by atoms with Crippen molar-refractivity contribution in [3.05, 3.63) is 48.5 Å². The third-order valence-electron chi connectivity index (χ3n) is 5.55. The van der Waals surface area contributed by atoms with Gasteiger partial charge in [-0.25, -0.2) is 0 Å². The maximum absolute atomic E-state index is 12.8. The van der Waals surface area contributed by atoms with Crippen LogP contribution in [0, 0.1) is 5.92 Å². The number of nitrogens with zero attached hydrogens (tertiary/aromatic N) is 2. The highest BCUT2D eigenvalue weighted by molar-refractivity contribution is 7.99. The normalized spacial score (nSPS) is 16.2. The Labute approximate surface area is 176 Å². The van der Waals surface area contributed by atoms with Crippen molar-refractivity contribution in [1.82, 2.24) is 4.90 Å². The third kappa shape index (κ3) is 4.27. The lowest BCUT2D eigenvalue weighted by Gasteiger charge is -2.34. The van der Waals surface area contributed by atoms with Gasteiger partial charge in [-0.15, -0.1) is 0 Å². The second-order valence-electron chi connectivity index (χ2n) is 7.35. The van der Waals surface area contributed by atoms with Gasteiger partial charge in [-0.3, -0.25) is 9.59 Å². The average molecular weight is 411 g/mol. The predicted molar refractivity (Wildman–Crippen MR) is 115 cm³/mol. The zero-order valence-electron chi connectivity index (χ0n) is 16.7. The minimum atomic E-state index is -0.126. The Morgan fingerprint density at radius 3 is 2.17 bits per heavy atom. The minimum absolute atomic E-state index is 0.0723. The van der Waals surface area contributed by atoms with Gasteiger partial charge >= 0.3 is 5.97 Å². The molecule has 2 heterocycles. The number of carbonyl (C=O) groups excluding carboxylic acids is 2. The summed E-state index contributed by atoms with van der Waals surface area (Å²) in [4.78, 5) is 31.3.